The van der Waals surface area contributed by atoms with Crippen molar-refractivity contribution in [3.63, 3.8) is 0 Å². The van der Waals surface area contributed by atoms with E-state index < -0.39 is 28.0 Å². The number of halogens is 3. The van der Waals surface area contributed by atoms with Crippen LogP contribution in [0.25, 0.3) is 0 Å². The maximum absolute atomic E-state index is 12.6. The third-order valence-electron chi connectivity index (χ3n) is 2.94. The van der Waals surface area contributed by atoms with Crippen molar-refractivity contribution < 1.29 is 23.2 Å². The third-order valence-corrected chi connectivity index (χ3v) is 2.94. The van der Waals surface area contributed by atoms with Crippen molar-refractivity contribution in [2.75, 3.05) is 11.9 Å². The summed E-state index contributed by atoms with van der Waals surface area (Å²) >= 11 is 0. The number of nitrogens with one attached hydrogen (secondary N) is 1. The fraction of sp³-hybridized carbons (Fsp3) is 0.545. The van der Waals surface area contributed by atoms with Gasteiger partial charge in [-0.2, -0.15) is 13.2 Å². The van der Waals surface area contributed by atoms with Crippen LogP contribution in [0.4, 0.5) is 24.5 Å². The lowest BCUT2D eigenvalue weighted by Gasteiger charge is -2.28. The van der Waals surface area contributed by atoms with Gasteiger partial charge in [-0.25, -0.2) is 4.98 Å². The molecule has 0 aromatic carbocycles. The number of alkyl halides is 3. The molecule has 0 amide bonds. The first kappa shape index (κ1) is 16.2. The summed E-state index contributed by atoms with van der Waals surface area (Å²) in [6.45, 7) is 2.86. The van der Waals surface area contributed by atoms with E-state index in [9.17, 15) is 28.4 Å². The summed E-state index contributed by atoms with van der Waals surface area (Å²) in [5.41, 5.74) is -3.10. The van der Waals surface area contributed by atoms with Gasteiger partial charge >= 0.3 is 11.9 Å². The van der Waals surface area contributed by atoms with Crippen LogP contribution in [0.15, 0.2) is 12.3 Å². The largest absolute Gasteiger partial charge is 0.433 e. The van der Waals surface area contributed by atoms with Crippen molar-refractivity contribution >= 4 is 11.4 Å². The van der Waals surface area contributed by atoms with E-state index in [1.165, 1.54) is 0 Å². The Hall–Kier alpha value is -1.90. The number of pyridine rings is 1. The SMILES string of the molecule is CCC(C)(CO)Nc1cc(C(F)(F)F)ncc1[N+](=O)[O-]. The number of hydrogen-bond donors (Lipinski definition) is 2. The summed E-state index contributed by atoms with van der Waals surface area (Å²) in [7, 11) is 0. The lowest BCUT2D eigenvalue weighted by atomic mass is 9.99. The Kier molecular flexibility index (Phi) is 4.53. The molecule has 1 heterocycles. The highest BCUT2D eigenvalue weighted by molar-refractivity contribution is 5.62. The van der Waals surface area contributed by atoms with E-state index >= 15 is 0 Å². The lowest BCUT2D eigenvalue weighted by molar-refractivity contribution is -0.384. The van der Waals surface area contributed by atoms with Gasteiger partial charge in [-0.1, -0.05) is 6.92 Å². The molecule has 0 aliphatic rings. The Morgan fingerprint density at radius 2 is 2.10 bits per heavy atom. The first-order valence-corrected chi connectivity index (χ1v) is 5.73. The minimum atomic E-state index is -4.70. The zero-order valence-electron chi connectivity index (χ0n) is 10.9. The minimum Gasteiger partial charge on any atom is -0.394 e. The number of nitro groups is 1. The maximum atomic E-state index is 12.6. The summed E-state index contributed by atoms with van der Waals surface area (Å²) in [5, 5.41) is 22.6. The van der Waals surface area contributed by atoms with Gasteiger partial charge in [0.25, 0.3) is 0 Å². The molecule has 0 fully saturated rings. The van der Waals surface area contributed by atoms with Gasteiger partial charge in [-0.3, -0.25) is 10.1 Å². The molecule has 0 aliphatic heterocycles. The molecule has 6 nitrogen and oxygen atoms in total. The van der Waals surface area contributed by atoms with Crippen molar-refractivity contribution in [1.82, 2.24) is 4.98 Å². The van der Waals surface area contributed by atoms with Crippen LogP contribution < -0.4 is 5.32 Å². The highest BCUT2D eigenvalue weighted by atomic mass is 19.4. The highest BCUT2D eigenvalue weighted by Crippen LogP contribution is 2.34. The molecule has 0 radical (unpaired) electrons. The van der Waals surface area contributed by atoms with Crippen molar-refractivity contribution in [2.24, 2.45) is 0 Å². The summed E-state index contributed by atoms with van der Waals surface area (Å²) in [4.78, 5) is 13.0. The standard InChI is InChI=1S/C11H14F3N3O3/c1-3-10(2,6-18)16-7-4-9(11(12,13)14)15-5-8(7)17(19)20/h4-5,18H,3,6H2,1-2H3,(H,15,16). The molecule has 0 saturated heterocycles. The van der Waals surface area contributed by atoms with E-state index in [1.807, 2.05) is 0 Å². The van der Waals surface area contributed by atoms with E-state index in [2.05, 4.69) is 10.3 Å². The molecule has 2 N–H and O–H groups in total. The number of hydrogen-bond acceptors (Lipinski definition) is 5. The monoisotopic (exact) mass is 293 g/mol. The number of aliphatic hydroxyl groups excluding tert-OH is 1. The van der Waals surface area contributed by atoms with Crippen LogP contribution in [0, 0.1) is 10.1 Å². The third kappa shape index (κ3) is 3.56. The van der Waals surface area contributed by atoms with Crippen LogP contribution >= 0.6 is 0 Å². The predicted octanol–water partition coefficient (Wildman–Crippen LogP) is 2.58. The second-order valence-corrected chi connectivity index (χ2v) is 4.54. The Labute approximate surface area is 112 Å². The van der Waals surface area contributed by atoms with Crippen LogP contribution in [0.5, 0.6) is 0 Å². The van der Waals surface area contributed by atoms with Crippen molar-refractivity contribution in [3.05, 3.63) is 28.1 Å². The number of aromatic nitrogens is 1. The summed E-state index contributed by atoms with van der Waals surface area (Å²) < 4.78 is 37.8. The Morgan fingerprint density at radius 3 is 2.50 bits per heavy atom. The molecule has 1 rings (SSSR count). The molecule has 1 unspecified atom stereocenters. The topological polar surface area (TPSA) is 88.3 Å². The van der Waals surface area contributed by atoms with E-state index in [-0.39, 0.29) is 12.3 Å². The number of nitrogens with zero attached hydrogens (tertiary/aromatic N) is 2. The van der Waals surface area contributed by atoms with Gasteiger partial charge in [0.15, 0.2) is 0 Å². The minimum absolute atomic E-state index is 0.323. The molecular formula is C11H14F3N3O3. The van der Waals surface area contributed by atoms with E-state index in [1.54, 1.807) is 13.8 Å². The molecule has 1 aromatic heterocycles. The zero-order valence-corrected chi connectivity index (χ0v) is 10.9. The molecule has 1 aromatic rings. The Morgan fingerprint density at radius 1 is 1.50 bits per heavy atom. The van der Waals surface area contributed by atoms with Crippen LogP contribution in [0.2, 0.25) is 0 Å². The first-order chi connectivity index (χ1) is 9.13. The molecule has 9 heteroatoms. The molecule has 0 bridgehead atoms. The molecule has 0 spiro atoms. The molecule has 0 aliphatic carbocycles. The highest BCUT2D eigenvalue weighted by Gasteiger charge is 2.35. The van der Waals surface area contributed by atoms with Gasteiger partial charge < -0.3 is 10.4 Å². The van der Waals surface area contributed by atoms with Gasteiger partial charge in [-0.05, 0) is 19.4 Å². The average molecular weight is 293 g/mol. The van der Waals surface area contributed by atoms with Crippen molar-refractivity contribution in [3.8, 4) is 0 Å². The van der Waals surface area contributed by atoms with E-state index in [0.717, 1.165) is 0 Å². The number of anilines is 1. The normalized spacial score (nSPS) is 14.7. The van der Waals surface area contributed by atoms with Crippen molar-refractivity contribution in [1.29, 1.82) is 0 Å². The Balaban J connectivity index is 3.29. The van der Waals surface area contributed by atoms with Gasteiger partial charge in [0, 0.05) is 0 Å². The summed E-state index contributed by atoms with van der Waals surface area (Å²) in [6, 6.07) is 0.571. The first-order valence-electron chi connectivity index (χ1n) is 5.73. The molecule has 1 atom stereocenters. The van der Waals surface area contributed by atoms with Gasteiger partial charge in [-0.15, -0.1) is 0 Å². The summed E-state index contributed by atoms with van der Waals surface area (Å²) in [5.74, 6) is 0. The van der Waals surface area contributed by atoms with Crippen LogP contribution in [0.1, 0.15) is 26.0 Å². The van der Waals surface area contributed by atoms with Gasteiger partial charge in [0.2, 0.25) is 0 Å². The predicted molar refractivity (Wildman–Crippen MR) is 65.3 cm³/mol. The Bertz CT molecular complexity index is 501. The molecule has 0 saturated carbocycles. The quantitative estimate of drug-likeness (QED) is 0.643. The summed E-state index contributed by atoms with van der Waals surface area (Å²) in [6.07, 6.45) is -3.78. The maximum Gasteiger partial charge on any atom is 0.433 e. The van der Waals surface area contributed by atoms with E-state index in [4.69, 9.17) is 0 Å². The van der Waals surface area contributed by atoms with Crippen LogP contribution in [-0.4, -0.2) is 27.2 Å². The average Bonchev–Trinajstić information content (AvgIpc) is 2.37. The number of rotatable bonds is 5. The lowest BCUT2D eigenvalue weighted by Crippen LogP contribution is -2.38. The zero-order chi connectivity index (χ0) is 15.6. The van der Waals surface area contributed by atoms with Crippen molar-refractivity contribution in [2.45, 2.75) is 32.0 Å². The second-order valence-electron chi connectivity index (χ2n) is 4.54. The van der Waals surface area contributed by atoms with Crippen LogP contribution in [-0.2, 0) is 6.18 Å². The molecular weight excluding hydrogens is 279 g/mol. The van der Waals surface area contributed by atoms with Crippen LogP contribution in [0.3, 0.4) is 0 Å². The van der Waals surface area contributed by atoms with E-state index in [0.29, 0.717) is 18.7 Å². The molecule has 20 heavy (non-hydrogen) atoms. The smallest absolute Gasteiger partial charge is 0.394 e. The van der Waals surface area contributed by atoms with Gasteiger partial charge in [0.05, 0.1) is 17.1 Å². The van der Waals surface area contributed by atoms with Gasteiger partial charge in [0.1, 0.15) is 17.6 Å². The second kappa shape index (κ2) is 5.61. The number of aliphatic hydroxyl groups is 1. The fourth-order valence-corrected chi connectivity index (χ4v) is 1.41. The molecule has 112 valence electrons. The fourth-order valence-electron chi connectivity index (χ4n) is 1.41.